The number of nitrogens with one attached hydrogen (secondary N) is 2. The normalized spacial score (nSPS) is 19.9. The van der Waals surface area contributed by atoms with Gasteiger partial charge in [-0.2, -0.15) is 0 Å². The first-order chi connectivity index (χ1) is 15.4. The molecule has 2 heterocycles. The molecule has 2 fully saturated rings. The van der Waals surface area contributed by atoms with Crippen LogP contribution in [0.3, 0.4) is 0 Å². The fourth-order valence-corrected chi connectivity index (χ4v) is 4.45. The molecule has 1 aromatic rings. The first-order valence-corrected chi connectivity index (χ1v) is 11.1. The molecule has 11 nitrogen and oxygen atoms in total. The number of aromatic nitrogens is 2. The molecule has 3 N–H and O–H groups in total. The predicted octanol–water partition coefficient (Wildman–Crippen LogP) is 0.626. The smallest absolute Gasteiger partial charge is 0.250 e. The zero-order chi connectivity index (χ0) is 23.1. The van der Waals surface area contributed by atoms with Crippen LogP contribution in [-0.2, 0) is 20.9 Å². The summed E-state index contributed by atoms with van der Waals surface area (Å²) in [5.74, 6) is 0.139. The lowest BCUT2D eigenvalue weighted by Gasteiger charge is -2.29. The fraction of sp³-hybridized carbons (Fsp3) is 0.667. The number of rotatable bonds is 10. The molecular formula is C21H33N7O4. The summed E-state index contributed by atoms with van der Waals surface area (Å²) in [5, 5.41) is 14.4. The van der Waals surface area contributed by atoms with Crippen molar-refractivity contribution in [2.75, 3.05) is 32.5 Å². The number of nitrogens with zero attached hydrogens (tertiary/aromatic N) is 5. The van der Waals surface area contributed by atoms with Crippen LogP contribution in [0.25, 0.3) is 0 Å². The molecule has 11 heteroatoms. The van der Waals surface area contributed by atoms with Crippen LogP contribution in [0.2, 0.25) is 0 Å². The van der Waals surface area contributed by atoms with Crippen LogP contribution in [0.5, 0.6) is 0 Å². The average Bonchev–Trinajstić information content (AvgIpc) is 3.44. The lowest BCUT2D eigenvalue weighted by molar-refractivity contribution is -0.159. The van der Waals surface area contributed by atoms with Gasteiger partial charge >= 0.3 is 0 Å². The van der Waals surface area contributed by atoms with Gasteiger partial charge in [0.25, 0.3) is 0 Å². The molecule has 1 saturated heterocycles. The SMILES string of the molecule is CN(C)Cc1nccc(NC(=O)C2CCNN2C(=O)C(CC2CCCC2)CN(O)C=O)n1. The summed E-state index contributed by atoms with van der Waals surface area (Å²) in [7, 11) is 3.81. The molecule has 0 aromatic carbocycles. The molecule has 0 radical (unpaired) electrons. The topological polar surface area (TPSA) is 131 Å². The van der Waals surface area contributed by atoms with Crippen molar-refractivity contribution in [3.8, 4) is 0 Å². The number of amides is 3. The second-order valence-electron chi connectivity index (χ2n) is 8.82. The maximum atomic E-state index is 13.3. The third-order valence-electron chi connectivity index (χ3n) is 5.94. The quantitative estimate of drug-likeness (QED) is 0.270. The molecule has 1 saturated carbocycles. The van der Waals surface area contributed by atoms with E-state index in [9.17, 15) is 19.6 Å². The second kappa shape index (κ2) is 11.3. The summed E-state index contributed by atoms with van der Waals surface area (Å²) < 4.78 is 0. The third-order valence-corrected chi connectivity index (χ3v) is 5.94. The molecule has 1 aromatic heterocycles. The molecule has 176 valence electrons. The molecule has 1 aliphatic carbocycles. The Morgan fingerprint density at radius 2 is 2.09 bits per heavy atom. The minimum atomic E-state index is -0.704. The van der Waals surface area contributed by atoms with E-state index >= 15 is 0 Å². The summed E-state index contributed by atoms with van der Waals surface area (Å²) in [6, 6.07) is 0.909. The van der Waals surface area contributed by atoms with Crippen molar-refractivity contribution in [2.45, 2.75) is 51.1 Å². The van der Waals surface area contributed by atoms with E-state index in [4.69, 9.17) is 0 Å². The van der Waals surface area contributed by atoms with Gasteiger partial charge in [-0.1, -0.05) is 25.7 Å². The van der Waals surface area contributed by atoms with Gasteiger partial charge in [0.1, 0.15) is 17.7 Å². The molecule has 3 rings (SSSR count). The number of hydrogen-bond donors (Lipinski definition) is 3. The van der Waals surface area contributed by atoms with Gasteiger partial charge in [-0.15, -0.1) is 0 Å². The highest BCUT2D eigenvalue weighted by molar-refractivity contribution is 5.97. The number of carbonyl (C=O) groups is 3. The highest BCUT2D eigenvalue weighted by Gasteiger charge is 2.39. The van der Waals surface area contributed by atoms with Crippen molar-refractivity contribution >= 4 is 24.0 Å². The van der Waals surface area contributed by atoms with Gasteiger partial charge in [-0.3, -0.25) is 24.6 Å². The summed E-state index contributed by atoms with van der Waals surface area (Å²) in [5.41, 5.74) is 3.00. The van der Waals surface area contributed by atoms with Crippen molar-refractivity contribution in [1.82, 2.24) is 30.4 Å². The highest BCUT2D eigenvalue weighted by atomic mass is 16.5. The Hall–Kier alpha value is -2.63. The molecule has 0 spiro atoms. The van der Waals surface area contributed by atoms with Gasteiger partial charge in [0.05, 0.1) is 19.0 Å². The predicted molar refractivity (Wildman–Crippen MR) is 116 cm³/mol. The van der Waals surface area contributed by atoms with Crippen LogP contribution < -0.4 is 10.7 Å². The van der Waals surface area contributed by atoms with E-state index in [0.29, 0.717) is 55.0 Å². The number of carbonyl (C=O) groups excluding carboxylic acids is 3. The Kier molecular flexibility index (Phi) is 8.48. The number of hydrazine groups is 1. The second-order valence-corrected chi connectivity index (χ2v) is 8.82. The zero-order valence-electron chi connectivity index (χ0n) is 18.7. The fourth-order valence-electron chi connectivity index (χ4n) is 4.45. The van der Waals surface area contributed by atoms with Crippen molar-refractivity contribution in [2.24, 2.45) is 11.8 Å². The van der Waals surface area contributed by atoms with Crippen molar-refractivity contribution in [3.05, 3.63) is 18.1 Å². The first-order valence-electron chi connectivity index (χ1n) is 11.1. The van der Waals surface area contributed by atoms with Crippen LogP contribution in [0.1, 0.15) is 44.3 Å². The van der Waals surface area contributed by atoms with Gasteiger partial charge in [-0.05, 0) is 38.9 Å². The molecule has 2 unspecified atom stereocenters. The van der Waals surface area contributed by atoms with Crippen LogP contribution in [0.4, 0.5) is 5.82 Å². The Labute approximate surface area is 188 Å². The summed E-state index contributed by atoms with van der Waals surface area (Å²) in [6.07, 6.45) is 7.26. The minimum Gasteiger partial charge on any atom is -0.309 e. The van der Waals surface area contributed by atoms with Crippen LogP contribution >= 0.6 is 0 Å². The van der Waals surface area contributed by atoms with E-state index in [1.165, 1.54) is 5.01 Å². The van der Waals surface area contributed by atoms with E-state index in [2.05, 4.69) is 20.7 Å². The van der Waals surface area contributed by atoms with Gasteiger partial charge in [-0.25, -0.2) is 20.5 Å². The van der Waals surface area contributed by atoms with Crippen LogP contribution in [0.15, 0.2) is 12.3 Å². The Morgan fingerprint density at radius 1 is 1.34 bits per heavy atom. The summed E-state index contributed by atoms with van der Waals surface area (Å²) >= 11 is 0. The number of anilines is 1. The average molecular weight is 448 g/mol. The number of hydrogen-bond acceptors (Lipinski definition) is 8. The highest BCUT2D eigenvalue weighted by Crippen LogP contribution is 2.31. The zero-order valence-corrected chi connectivity index (χ0v) is 18.7. The van der Waals surface area contributed by atoms with Gasteiger partial charge in [0.15, 0.2) is 0 Å². The summed E-state index contributed by atoms with van der Waals surface area (Å²) in [4.78, 5) is 47.7. The first kappa shape index (κ1) is 24.0. The lowest BCUT2D eigenvalue weighted by Crippen LogP contribution is -2.51. The van der Waals surface area contributed by atoms with Gasteiger partial charge < -0.3 is 10.2 Å². The lowest BCUT2D eigenvalue weighted by atomic mass is 9.92. The van der Waals surface area contributed by atoms with E-state index in [-0.39, 0.29) is 18.4 Å². The molecule has 3 amide bonds. The largest absolute Gasteiger partial charge is 0.309 e. The van der Waals surface area contributed by atoms with Gasteiger partial charge in [0, 0.05) is 12.7 Å². The Bertz CT molecular complexity index is 800. The molecule has 32 heavy (non-hydrogen) atoms. The van der Waals surface area contributed by atoms with E-state index in [1.54, 1.807) is 12.3 Å². The monoisotopic (exact) mass is 447 g/mol. The molecule has 1 aliphatic heterocycles. The maximum absolute atomic E-state index is 13.3. The van der Waals surface area contributed by atoms with Crippen molar-refractivity contribution in [1.29, 1.82) is 0 Å². The van der Waals surface area contributed by atoms with Gasteiger partial charge in [0.2, 0.25) is 18.2 Å². The third kappa shape index (κ3) is 6.44. The molecule has 0 bridgehead atoms. The standard InChI is InChI=1S/C21H33N7O4/c1-26(2)13-19-22-9-8-18(24-19)25-20(30)17-7-10-23-28(17)21(31)16(12-27(32)14-29)11-15-5-3-4-6-15/h8-9,14-17,23,32H,3-7,10-13H2,1-2H3,(H,22,24,25,30). The van der Waals surface area contributed by atoms with Crippen molar-refractivity contribution < 1.29 is 19.6 Å². The maximum Gasteiger partial charge on any atom is 0.250 e. The molecular weight excluding hydrogens is 414 g/mol. The molecule has 2 atom stereocenters. The van der Waals surface area contributed by atoms with E-state index < -0.39 is 12.0 Å². The molecule has 2 aliphatic rings. The Balaban J connectivity index is 1.68. The summed E-state index contributed by atoms with van der Waals surface area (Å²) in [6.45, 7) is 0.924. The van der Waals surface area contributed by atoms with E-state index in [0.717, 1.165) is 25.7 Å². The van der Waals surface area contributed by atoms with Crippen molar-refractivity contribution in [3.63, 3.8) is 0 Å². The van der Waals surface area contributed by atoms with Crippen LogP contribution in [0, 0.1) is 11.8 Å². The van der Waals surface area contributed by atoms with E-state index in [1.807, 2.05) is 19.0 Å². The minimum absolute atomic E-state index is 0.0921. The van der Waals surface area contributed by atoms with Crippen LogP contribution in [-0.4, -0.2) is 81.6 Å². The Morgan fingerprint density at radius 3 is 2.78 bits per heavy atom. The number of hydroxylamine groups is 2.